The molecule has 3 fully saturated rings. The molecule has 0 amide bonds. The zero-order valence-electron chi connectivity index (χ0n) is 22.5. The van der Waals surface area contributed by atoms with Crippen molar-refractivity contribution in [3.63, 3.8) is 0 Å². The van der Waals surface area contributed by atoms with Crippen LogP contribution in [0.1, 0.15) is 77.0 Å². The first-order chi connectivity index (χ1) is 19.1. The van der Waals surface area contributed by atoms with E-state index in [0.717, 1.165) is 52.2 Å². The van der Waals surface area contributed by atoms with Crippen LogP contribution in [0.2, 0.25) is 0 Å². The Morgan fingerprint density at radius 3 is 0.872 bits per heavy atom. The normalized spacial score (nSPS) is 19.2. The average Bonchev–Trinajstić information content (AvgIpc) is 3.50. The lowest BCUT2D eigenvalue weighted by molar-refractivity contribution is 0.450. The molecule has 0 atom stereocenters. The van der Waals surface area contributed by atoms with Gasteiger partial charge in [0.1, 0.15) is 13.0 Å². The van der Waals surface area contributed by atoms with Gasteiger partial charge in [-0.1, -0.05) is 108 Å². The average molecular weight is 694 g/mol. The minimum atomic E-state index is 1.02. The van der Waals surface area contributed by atoms with Crippen LogP contribution >= 0.6 is 101 Å². The molecule has 3 heterocycles. The van der Waals surface area contributed by atoms with E-state index in [1.165, 1.54) is 91.7 Å². The molecule has 3 aliphatic rings. The number of hydrogen-bond acceptors (Lipinski definition) is 9. The quantitative estimate of drug-likeness (QED) is 0.207. The molecule has 0 unspecified atom stereocenters. The molecule has 0 spiro atoms. The van der Waals surface area contributed by atoms with Crippen molar-refractivity contribution in [3.8, 4) is 0 Å². The summed E-state index contributed by atoms with van der Waals surface area (Å²) in [5, 5.41) is 0. The molecule has 3 aliphatic heterocycles. The van der Waals surface area contributed by atoms with Crippen LogP contribution in [0, 0.1) is 0 Å². The van der Waals surface area contributed by atoms with Gasteiger partial charge in [-0.25, -0.2) is 0 Å². The van der Waals surface area contributed by atoms with Crippen LogP contribution in [-0.2, 0) is 0 Å². The molecule has 3 nitrogen and oxygen atoms in total. The first-order valence-electron chi connectivity index (χ1n) is 14.1. The smallest absolute Gasteiger partial charge is 0.147 e. The summed E-state index contributed by atoms with van der Waals surface area (Å²) in [5.74, 6) is 0. The minimum absolute atomic E-state index is 1.02. The van der Waals surface area contributed by atoms with Crippen LogP contribution in [0.4, 0.5) is 0 Å². The van der Waals surface area contributed by atoms with Crippen molar-refractivity contribution in [2.75, 3.05) is 39.3 Å². The Bertz CT molecular complexity index is 805. The number of thiocarbonyl (C=S) groups is 3. The topological polar surface area (TPSA) is 9.72 Å². The number of likely N-dealkylation sites (tertiary alicyclic amines) is 3. The highest BCUT2D eigenvalue weighted by Gasteiger charge is 2.17. The Hall–Kier alpha value is 0.990. The number of nitrogens with zero attached hydrogens (tertiary/aromatic N) is 3. The van der Waals surface area contributed by atoms with E-state index >= 15 is 0 Å². The van der Waals surface area contributed by atoms with E-state index in [0.29, 0.717) is 0 Å². The molecule has 4 rings (SSSR count). The van der Waals surface area contributed by atoms with Gasteiger partial charge in [-0.05, 0) is 89.1 Å². The summed E-state index contributed by atoms with van der Waals surface area (Å²) < 4.78 is 3.05. The van der Waals surface area contributed by atoms with Crippen molar-refractivity contribution in [2.24, 2.45) is 0 Å². The third kappa shape index (κ3) is 11.9. The van der Waals surface area contributed by atoms with Gasteiger partial charge in [0.05, 0.1) is 0 Å². The minimum Gasteiger partial charge on any atom is -0.357 e. The molecule has 216 valence electrons. The van der Waals surface area contributed by atoms with Crippen LogP contribution < -0.4 is 0 Å². The number of rotatable bonds is 6. The summed E-state index contributed by atoms with van der Waals surface area (Å²) in [6.45, 7) is 6.57. The van der Waals surface area contributed by atoms with Gasteiger partial charge in [0.25, 0.3) is 0 Å². The van der Waals surface area contributed by atoms with Crippen LogP contribution in [0.3, 0.4) is 0 Å². The van der Waals surface area contributed by atoms with Crippen molar-refractivity contribution in [1.29, 1.82) is 0 Å². The highest BCUT2D eigenvalue weighted by molar-refractivity contribution is 8.84. The van der Waals surface area contributed by atoms with E-state index in [9.17, 15) is 0 Å². The number of hydrogen-bond donors (Lipinski definition) is 0. The molecule has 0 saturated carbocycles. The largest absolute Gasteiger partial charge is 0.357 e. The summed E-state index contributed by atoms with van der Waals surface area (Å²) in [7, 11) is 10.6. The summed E-state index contributed by atoms with van der Waals surface area (Å²) in [6.07, 6.45) is 15.4. The van der Waals surface area contributed by atoms with Gasteiger partial charge in [0.15, 0.2) is 0 Å². The Kier molecular flexibility index (Phi) is 15.7. The Labute approximate surface area is 275 Å². The zero-order chi connectivity index (χ0) is 27.3. The molecule has 1 aromatic rings. The monoisotopic (exact) mass is 693 g/mol. The molecule has 39 heavy (non-hydrogen) atoms. The lowest BCUT2D eigenvalue weighted by Crippen LogP contribution is -2.27. The van der Waals surface area contributed by atoms with Crippen LogP contribution in [0.5, 0.6) is 0 Å². The highest BCUT2D eigenvalue weighted by Crippen LogP contribution is 2.44. The van der Waals surface area contributed by atoms with Crippen molar-refractivity contribution in [3.05, 3.63) is 18.2 Å². The Morgan fingerprint density at radius 1 is 0.410 bits per heavy atom. The van der Waals surface area contributed by atoms with E-state index < -0.39 is 0 Å². The van der Waals surface area contributed by atoms with Gasteiger partial charge in [-0.15, -0.1) is 0 Å². The first-order valence-corrected chi connectivity index (χ1v) is 21.8. The van der Waals surface area contributed by atoms with Crippen molar-refractivity contribution in [1.82, 2.24) is 14.7 Å². The highest BCUT2D eigenvalue weighted by atomic mass is 33.1. The fourth-order valence-corrected chi connectivity index (χ4v) is 12.3. The van der Waals surface area contributed by atoms with Gasteiger partial charge in [0.2, 0.25) is 0 Å². The van der Waals surface area contributed by atoms with Gasteiger partial charge < -0.3 is 14.7 Å². The van der Waals surface area contributed by atoms with Crippen LogP contribution in [-0.4, -0.2) is 66.9 Å². The third-order valence-corrected chi connectivity index (χ3v) is 16.2. The Balaban J connectivity index is 1.39. The maximum atomic E-state index is 5.84. The predicted octanol–water partition coefficient (Wildman–Crippen LogP) is 10.4. The fourth-order valence-electron chi connectivity index (χ4n) is 4.86. The van der Waals surface area contributed by atoms with E-state index in [2.05, 4.69) is 32.9 Å². The van der Waals surface area contributed by atoms with Gasteiger partial charge >= 0.3 is 0 Å². The fraction of sp³-hybridized carbons (Fsp3) is 0.667. The lowest BCUT2D eigenvalue weighted by Gasteiger charge is -2.23. The van der Waals surface area contributed by atoms with E-state index in [4.69, 9.17) is 36.7 Å². The molecule has 0 aliphatic carbocycles. The van der Waals surface area contributed by atoms with Crippen molar-refractivity contribution in [2.45, 2.75) is 91.7 Å². The second kappa shape index (κ2) is 18.6. The molecular formula is C27H39N3S9. The molecule has 0 N–H and O–H groups in total. The second-order valence-electron chi connectivity index (χ2n) is 10.1. The van der Waals surface area contributed by atoms with Gasteiger partial charge in [-0.2, -0.15) is 0 Å². The number of benzene rings is 1. The summed E-state index contributed by atoms with van der Waals surface area (Å²) in [6, 6.07) is 6.90. The first kappa shape index (κ1) is 32.9. The Morgan fingerprint density at radius 2 is 0.641 bits per heavy atom. The molecule has 1 aromatic carbocycles. The van der Waals surface area contributed by atoms with Gasteiger partial charge in [-0.3, -0.25) is 0 Å². The molecule has 0 aromatic heterocycles. The summed E-state index contributed by atoms with van der Waals surface area (Å²) in [5.41, 5.74) is 0. The van der Waals surface area contributed by atoms with E-state index in [-0.39, 0.29) is 0 Å². The SMILES string of the molecule is S=C(SSc1cc(SSC(=S)N2CCCCCC2)cc(SSC(=S)N2CCCCCC2)c1)N1CCCCCC1. The van der Waals surface area contributed by atoms with Crippen LogP contribution in [0.15, 0.2) is 32.9 Å². The molecular weight excluding hydrogens is 655 g/mol. The summed E-state index contributed by atoms with van der Waals surface area (Å²) in [4.78, 5) is 10.9. The van der Waals surface area contributed by atoms with Crippen molar-refractivity contribution >= 4 is 114 Å². The zero-order valence-corrected chi connectivity index (χ0v) is 29.8. The van der Waals surface area contributed by atoms with Gasteiger partial charge in [0, 0.05) is 54.0 Å². The molecule has 3 saturated heterocycles. The summed E-state index contributed by atoms with van der Waals surface area (Å²) >= 11 is 17.5. The molecule has 0 bridgehead atoms. The van der Waals surface area contributed by atoms with Crippen molar-refractivity contribution < 1.29 is 0 Å². The maximum Gasteiger partial charge on any atom is 0.147 e. The van der Waals surface area contributed by atoms with E-state index in [1.54, 1.807) is 64.8 Å². The predicted molar refractivity (Wildman–Crippen MR) is 195 cm³/mol. The maximum absolute atomic E-state index is 5.84. The molecule has 0 radical (unpaired) electrons. The standard InChI is InChI=1S/C27H39N3S9/c31-25(28-13-7-1-2-8-14-28)37-34-22-19-23(35-38-26(32)29-15-9-3-4-10-16-29)21-24(20-22)36-39-27(33)30-17-11-5-6-12-18-30/h19-21H,1-18H2. The third-order valence-electron chi connectivity index (χ3n) is 7.07. The van der Waals surface area contributed by atoms with E-state index in [1.807, 2.05) is 0 Å². The lowest BCUT2D eigenvalue weighted by atomic mass is 10.2. The second-order valence-corrected chi connectivity index (χ2v) is 18.7. The van der Waals surface area contributed by atoms with Crippen LogP contribution in [0.25, 0.3) is 0 Å². The molecule has 12 heteroatoms.